The van der Waals surface area contributed by atoms with Crippen LogP contribution in [0.15, 0.2) is 206 Å². The van der Waals surface area contributed by atoms with Crippen molar-refractivity contribution in [3.05, 3.63) is 217 Å². The fourth-order valence-electron chi connectivity index (χ4n) is 9.50. The molecule has 2 heteroatoms. The van der Waals surface area contributed by atoms with Crippen molar-refractivity contribution in [2.24, 2.45) is 0 Å². The van der Waals surface area contributed by atoms with Gasteiger partial charge >= 0.3 is 0 Å². The first-order chi connectivity index (χ1) is 28.3. The number of hydrogen-bond donors (Lipinski definition) is 0. The maximum atomic E-state index is 2.51. The minimum atomic E-state index is 0.910. The molecule has 2 nitrogen and oxygen atoms in total. The summed E-state index contributed by atoms with van der Waals surface area (Å²) in [4.78, 5) is 0. The highest BCUT2D eigenvalue weighted by molar-refractivity contribution is 6.29. The standard InChI is InChI=1S/C55H36N2/c1-2-13-36(14-3-1)37-27-29-38(30-28-37)39-16-10-17-40(31-39)41-18-11-19-42(32-41)43-20-12-21-46(34-43)56-50-25-8-5-22-47(50)53-52(56)35-45-33-44-15-4-7-24-49(44)57-51-26-9-6-23-48(51)54(53)55(45)57/h1-32,34-35H,33H2. The lowest BCUT2D eigenvalue weighted by Gasteiger charge is -2.21. The molecule has 0 unspecified atom stereocenters. The van der Waals surface area contributed by atoms with Crippen LogP contribution in [0, 0.1) is 0 Å². The molecule has 0 amide bonds. The smallest absolute Gasteiger partial charge is 0.0584 e. The molecule has 0 bridgehead atoms. The second kappa shape index (κ2) is 12.6. The molecule has 3 heterocycles. The zero-order valence-corrected chi connectivity index (χ0v) is 31.2. The van der Waals surface area contributed by atoms with E-state index in [9.17, 15) is 0 Å². The molecule has 0 fully saturated rings. The summed E-state index contributed by atoms with van der Waals surface area (Å²) in [5.74, 6) is 0. The summed E-state index contributed by atoms with van der Waals surface area (Å²) in [7, 11) is 0. The molecule has 0 saturated carbocycles. The van der Waals surface area contributed by atoms with Crippen LogP contribution in [0.25, 0.3) is 99.5 Å². The van der Waals surface area contributed by atoms with E-state index in [1.807, 2.05) is 0 Å². The normalized spacial score (nSPS) is 12.1. The van der Waals surface area contributed by atoms with Crippen LogP contribution in [0.1, 0.15) is 11.1 Å². The molecule has 11 aromatic rings. The van der Waals surface area contributed by atoms with Crippen molar-refractivity contribution in [1.82, 2.24) is 9.13 Å². The Kier molecular flexibility index (Phi) is 7.02. The van der Waals surface area contributed by atoms with Crippen molar-refractivity contribution in [2.75, 3.05) is 0 Å². The van der Waals surface area contributed by atoms with Gasteiger partial charge in [-0.15, -0.1) is 0 Å². The van der Waals surface area contributed by atoms with Crippen LogP contribution in [0.5, 0.6) is 0 Å². The first-order valence-electron chi connectivity index (χ1n) is 19.8. The van der Waals surface area contributed by atoms with E-state index >= 15 is 0 Å². The van der Waals surface area contributed by atoms with Gasteiger partial charge in [-0.3, -0.25) is 0 Å². The monoisotopic (exact) mass is 724 g/mol. The van der Waals surface area contributed by atoms with Crippen LogP contribution in [0.3, 0.4) is 0 Å². The molecule has 0 radical (unpaired) electrons. The molecule has 9 aromatic carbocycles. The van der Waals surface area contributed by atoms with E-state index in [1.54, 1.807) is 0 Å². The minimum Gasteiger partial charge on any atom is -0.309 e. The average Bonchev–Trinajstić information content (AvgIpc) is 3.81. The Morgan fingerprint density at radius 2 is 0.789 bits per heavy atom. The largest absolute Gasteiger partial charge is 0.309 e. The molecule has 0 N–H and O–H groups in total. The van der Waals surface area contributed by atoms with Crippen LogP contribution in [0.2, 0.25) is 0 Å². The van der Waals surface area contributed by atoms with Gasteiger partial charge in [0.05, 0.1) is 22.1 Å². The average molecular weight is 725 g/mol. The molecule has 0 atom stereocenters. The fraction of sp³-hybridized carbons (Fsp3) is 0.0182. The van der Waals surface area contributed by atoms with E-state index in [2.05, 4.69) is 215 Å². The van der Waals surface area contributed by atoms with Gasteiger partial charge in [-0.1, -0.05) is 158 Å². The highest BCUT2D eigenvalue weighted by atomic mass is 15.0. The van der Waals surface area contributed by atoms with Crippen LogP contribution in [0.4, 0.5) is 0 Å². The van der Waals surface area contributed by atoms with Crippen molar-refractivity contribution in [3.8, 4) is 55.9 Å². The fourth-order valence-corrected chi connectivity index (χ4v) is 9.50. The van der Waals surface area contributed by atoms with E-state index in [0.717, 1.165) is 12.1 Å². The zero-order valence-electron chi connectivity index (χ0n) is 31.2. The number of aromatic nitrogens is 2. The van der Waals surface area contributed by atoms with E-state index in [1.165, 1.54) is 105 Å². The van der Waals surface area contributed by atoms with Gasteiger partial charge in [0, 0.05) is 39.3 Å². The minimum absolute atomic E-state index is 0.910. The van der Waals surface area contributed by atoms with Crippen molar-refractivity contribution in [1.29, 1.82) is 0 Å². The number of nitrogens with zero attached hydrogens (tertiary/aromatic N) is 2. The summed E-state index contributed by atoms with van der Waals surface area (Å²) >= 11 is 0. The summed E-state index contributed by atoms with van der Waals surface area (Å²) in [6.07, 6.45) is 0.910. The van der Waals surface area contributed by atoms with Gasteiger partial charge in [-0.2, -0.15) is 0 Å². The number of hydrogen-bond acceptors (Lipinski definition) is 0. The van der Waals surface area contributed by atoms with Crippen molar-refractivity contribution < 1.29 is 0 Å². The Bertz CT molecular complexity index is 3360. The lowest BCUT2D eigenvalue weighted by Crippen LogP contribution is -2.08. The molecular weight excluding hydrogens is 689 g/mol. The molecule has 12 rings (SSSR count). The molecule has 2 aromatic heterocycles. The molecule has 0 aliphatic carbocycles. The molecule has 1 aliphatic rings. The van der Waals surface area contributed by atoms with Crippen LogP contribution < -0.4 is 0 Å². The summed E-state index contributed by atoms with van der Waals surface area (Å²) in [6, 6.07) is 75.7. The zero-order chi connectivity index (χ0) is 37.5. The highest BCUT2D eigenvalue weighted by Crippen LogP contribution is 2.46. The lowest BCUT2D eigenvalue weighted by atomic mass is 9.95. The number of fused-ring (bicyclic) bond motifs is 9. The first-order valence-corrected chi connectivity index (χ1v) is 19.8. The summed E-state index contributed by atoms with van der Waals surface area (Å²) < 4.78 is 5.00. The van der Waals surface area contributed by atoms with E-state index in [0.29, 0.717) is 0 Å². The van der Waals surface area contributed by atoms with Crippen LogP contribution in [-0.2, 0) is 6.42 Å². The van der Waals surface area contributed by atoms with Gasteiger partial charge in [-0.25, -0.2) is 0 Å². The highest BCUT2D eigenvalue weighted by Gasteiger charge is 2.26. The van der Waals surface area contributed by atoms with Crippen LogP contribution >= 0.6 is 0 Å². The van der Waals surface area contributed by atoms with Gasteiger partial charge in [0.1, 0.15) is 0 Å². The summed E-state index contributed by atoms with van der Waals surface area (Å²) in [6.45, 7) is 0. The lowest BCUT2D eigenvalue weighted by molar-refractivity contribution is 1.04. The third-order valence-corrected chi connectivity index (χ3v) is 12.1. The summed E-state index contributed by atoms with van der Waals surface area (Å²) in [5.41, 5.74) is 20.0. The number of benzene rings is 9. The van der Waals surface area contributed by atoms with Gasteiger partial charge in [-0.05, 0) is 104 Å². The number of rotatable bonds is 5. The topological polar surface area (TPSA) is 9.86 Å². The Morgan fingerprint density at radius 3 is 1.49 bits per heavy atom. The first kappa shape index (κ1) is 31.9. The maximum Gasteiger partial charge on any atom is 0.0584 e. The SMILES string of the molecule is c1ccc(-c2ccc(-c3cccc(-c4cccc(-c5cccc(-n6c7ccccc7c7c8c9ccccc9n9c8c(cc76)Cc6ccccc6-9)c5)c4)c3)cc2)cc1. The molecule has 0 spiro atoms. The van der Waals surface area contributed by atoms with Gasteiger partial charge in [0.25, 0.3) is 0 Å². The van der Waals surface area contributed by atoms with E-state index in [-0.39, 0.29) is 0 Å². The third-order valence-electron chi connectivity index (χ3n) is 12.1. The Hall–Kier alpha value is -7.42. The Morgan fingerprint density at radius 1 is 0.298 bits per heavy atom. The Labute approximate surface area is 331 Å². The molecule has 0 saturated heterocycles. The summed E-state index contributed by atoms with van der Waals surface area (Å²) in [5, 5.41) is 5.25. The van der Waals surface area contributed by atoms with E-state index < -0.39 is 0 Å². The number of para-hydroxylation sites is 3. The molecule has 1 aliphatic heterocycles. The predicted molar refractivity (Wildman–Crippen MR) is 240 cm³/mol. The van der Waals surface area contributed by atoms with Gasteiger partial charge < -0.3 is 9.13 Å². The van der Waals surface area contributed by atoms with Crippen molar-refractivity contribution in [3.63, 3.8) is 0 Å². The molecule has 266 valence electrons. The molecule has 57 heavy (non-hydrogen) atoms. The maximum absolute atomic E-state index is 2.51. The van der Waals surface area contributed by atoms with Crippen LogP contribution in [-0.4, -0.2) is 9.13 Å². The third kappa shape index (κ3) is 4.97. The van der Waals surface area contributed by atoms with Gasteiger partial charge in [0.15, 0.2) is 0 Å². The second-order valence-electron chi connectivity index (χ2n) is 15.3. The van der Waals surface area contributed by atoms with Crippen molar-refractivity contribution in [2.45, 2.75) is 6.42 Å². The van der Waals surface area contributed by atoms with Gasteiger partial charge in [0.2, 0.25) is 0 Å². The predicted octanol–water partition coefficient (Wildman–Crippen LogP) is 14.5. The Balaban J connectivity index is 0.978. The molecular formula is C55H36N2. The quantitative estimate of drug-likeness (QED) is 0.167. The second-order valence-corrected chi connectivity index (χ2v) is 15.3. The van der Waals surface area contributed by atoms with E-state index in [4.69, 9.17) is 0 Å². The van der Waals surface area contributed by atoms with Crippen molar-refractivity contribution >= 4 is 43.6 Å².